The highest BCUT2D eigenvalue weighted by molar-refractivity contribution is 6.23. The Morgan fingerprint density at radius 3 is 2.31 bits per heavy atom. The summed E-state index contributed by atoms with van der Waals surface area (Å²) in [6.07, 6.45) is 0.736. The first-order valence-corrected chi connectivity index (χ1v) is 17.0. The zero-order valence-electron chi connectivity index (χ0n) is 28.4. The summed E-state index contributed by atoms with van der Waals surface area (Å²) in [4.78, 5) is 71.7. The number of fused-ring (bicyclic) bond motifs is 1. The zero-order valence-corrected chi connectivity index (χ0v) is 28.4. The predicted molar refractivity (Wildman–Crippen MR) is 182 cm³/mol. The van der Waals surface area contributed by atoms with Gasteiger partial charge in [-0.1, -0.05) is 6.07 Å². The number of halogens is 3. The fourth-order valence-corrected chi connectivity index (χ4v) is 7.42. The van der Waals surface area contributed by atoms with Gasteiger partial charge in [0.2, 0.25) is 11.8 Å². The summed E-state index contributed by atoms with van der Waals surface area (Å²) >= 11 is 0. The van der Waals surface area contributed by atoms with Gasteiger partial charge < -0.3 is 15.1 Å². The van der Waals surface area contributed by atoms with Crippen molar-refractivity contribution in [1.29, 1.82) is 0 Å². The first kappa shape index (κ1) is 34.7. The third-order valence-electron chi connectivity index (χ3n) is 10.6. The second kappa shape index (κ2) is 12.8. The number of hydrogen-bond acceptors (Lipinski definition) is 8. The molecule has 2 N–H and O–H groups in total. The average molecular weight is 717 g/mol. The van der Waals surface area contributed by atoms with Gasteiger partial charge in [0, 0.05) is 50.2 Å². The number of imide groups is 2. The van der Waals surface area contributed by atoms with Gasteiger partial charge >= 0.3 is 6.18 Å². The van der Waals surface area contributed by atoms with Crippen LogP contribution in [0.15, 0.2) is 48.8 Å². The lowest BCUT2D eigenvalue weighted by Crippen LogP contribution is -2.54. The highest BCUT2D eigenvalue weighted by Gasteiger charge is 2.45. The molecule has 7 rings (SSSR count). The summed E-state index contributed by atoms with van der Waals surface area (Å²) in [6, 6.07) is 7.22. The lowest BCUT2D eigenvalue weighted by molar-refractivity contribution is -0.137. The molecule has 2 aromatic carbocycles. The van der Waals surface area contributed by atoms with Crippen LogP contribution in [-0.2, 0) is 26.1 Å². The van der Waals surface area contributed by atoms with Gasteiger partial charge in [-0.3, -0.25) is 38.9 Å². The molecule has 0 aliphatic carbocycles. The molecule has 0 bridgehead atoms. The van der Waals surface area contributed by atoms with Crippen LogP contribution in [-0.4, -0.2) is 76.4 Å². The SMILES string of the molecule is [C-]#[N+]c1ccc(NC(=O)C(C)(C)n2cc(N3CCC(C4CN(c5ccc6c(c5)C(=O)N(C5CCC(=O)NC5=O)C6=O)C4)CC3)cn2)cc1C(F)(F)F. The Morgan fingerprint density at radius 1 is 0.923 bits per heavy atom. The largest absolute Gasteiger partial charge is 0.407 e. The molecule has 0 saturated carbocycles. The summed E-state index contributed by atoms with van der Waals surface area (Å²) in [5.41, 5.74) is -0.789. The standard InChI is InChI=1S/C36H35F3N8O5/c1-35(2,34(52)42-22-4-7-28(40-3)27(14-22)36(37,38)39)46-19-24(16-41-46)44-12-10-20(11-13-44)21-17-45(18-21)23-5-6-25-26(15-23)33(51)47(32(25)50)29-8-9-30(48)43-31(29)49/h4-7,14-16,19-21,29H,8-13,17-18H2,1-2H3,(H,42,52)(H,43,48,49). The van der Waals surface area contributed by atoms with Gasteiger partial charge in [0.25, 0.3) is 17.7 Å². The molecule has 3 aromatic rings. The highest BCUT2D eigenvalue weighted by Crippen LogP contribution is 2.40. The van der Waals surface area contributed by atoms with Gasteiger partial charge in [-0.15, -0.1) is 0 Å². The second-order valence-corrected chi connectivity index (χ2v) is 14.2. The molecular formula is C36H35F3N8O5. The molecule has 52 heavy (non-hydrogen) atoms. The fraction of sp³-hybridized carbons (Fsp3) is 0.417. The number of carbonyl (C=O) groups is 5. The van der Waals surface area contributed by atoms with E-state index in [2.05, 4.69) is 30.4 Å². The van der Waals surface area contributed by atoms with Crippen LogP contribution in [0.25, 0.3) is 4.85 Å². The molecule has 13 nitrogen and oxygen atoms in total. The molecule has 5 amide bonds. The minimum absolute atomic E-state index is 0.0618. The highest BCUT2D eigenvalue weighted by atomic mass is 19.4. The van der Waals surface area contributed by atoms with E-state index in [0.29, 0.717) is 11.8 Å². The Bertz CT molecular complexity index is 2040. The Morgan fingerprint density at radius 2 is 1.63 bits per heavy atom. The van der Waals surface area contributed by atoms with Crippen molar-refractivity contribution in [2.24, 2.45) is 11.8 Å². The van der Waals surface area contributed by atoms with E-state index in [1.165, 1.54) is 10.7 Å². The third-order valence-corrected chi connectivity index (χ3v) is 10.6. The van der Waals surface area contributed by atoms with Crippen molar-refractivity contribution in [2.45, 2.75) is 57.3 Å². The topological polar surface area (TPSA) is 141 Å². The van der Waals surface area contributed by atoms with Crippen molar-refractivity contribution in [1.82, 2.24) is 20.0 Å². The number of piperidine rings is 2. The molecule has 1 aromatic heterocycles. The van der Waals surface area contributed by atoms with E-state index in [-0.39, 0.29) is 29.7 Å². The normalized spacial score (nSPS) is 20.1. The van der Waals surface area contributed by atoms with E-state index in [1.54, 1.807) is 38.4 Å². The number of aromatic nitrogens is 2. The number of benzene rings is 2. The van der Waals surface area contributed by atoms with E-state index >= 15 is 0 Å². The third kappa shape index (κ3) is 6.13. The molecule has 4 aliphatic rings. The zero-order chi connectivity index (χ0) is 37.1. The molecule has 16 heteroatoms. The summed E-state index contributed by atoms with van der Waals surface area (Å²) < 4.78 is 41.8. The lowest BCUT2D eigenvalue weighted by Gasteiger charge is -2.47. The first-order chi connectivity index (χ1) is 24.6. The first-order valence-electron chi connectivity index (χ1n) is 17.0. The molecule has 5 heterocycles. The van der Waals surface area contributed by atoms with Crippen LogP contribution < -0.4 is 20.4 Å². The maximum Gasteiger partial charge on any atom is 0.407 e. The molecule has 0 radical (unpaired) electrons. The fourth-order valence-electron chi connectivity index (χ4n) is 7.42. The number of amides is 5. The van der Waals surface area contributed by atoms with Crippen LogP contribution in [0, 0.1) is 18.4 Å². The molecular weight excluding hydrogens is 681 g/mol. The van der Waals surface area contributed by atoms with Crippen molar-refractivity contribution < 1.29 is 37.1 Å². The van der Waals surface area contributed by atoms with Crippen molar-refractivity contribution >= 4 is 52.3 Å². The van der Waals surface area contributed by atoms with E-state index in [0.717, 1.165) is 67.4 Å². The van der Waals surface area contributed by atoms with Crippen molar-refractivity contribution in [3.05, 3.63) is 76.9 Å². The molecule has 1 unspecified atom stereocenters. The quantitative estimate of drug-likeness (QED) is 0.268. The molecule has 3 saturated heterocycles. The van der Waals surface area contributed by atoms with Gasteiger partial charge in [-0.2, -0.15) is 18.3 Å². The number of alkyl halides is 3. The number of anilines is 3. The second-order valence-electron chi connectivity index (χ2n) is 14.2. The van der Waals surface area contributed by atoms with E-state index in [9.17, 15) is 37.1 Å². The van der Waals surface area contributed by atoms with Crippen LogP contribution in [0.1, 0.15) is 65.8 Å². The maximum atomic E-state index is 13.4. The Labute approximate surface area is 296 Å². The monoisotopic (exact) mass is 716 g/mol. The summed E-state index contributed by atoms with van der Waals surface area (Å²) in [5, 5.41) is 9.16. The van der Waals surface area contributed by atoms with Gasteiger partial charge in [0.05, 0.1) is 35.1 Å². The van der Waals surface area contributed by atoms with Crippen LogP contribution >= 0.6 is 0 Å². The summed E-state index contributed by atoms with van der Waals surface area (Å²) in [7, 11) is 0. The van der Waals surface area contributed by atoms with Crippen LogP contribution in [0.3, 0.4) is 0 Å². The molecule has 270 valence electrons. The molecule has 3 fully saturated rings. The minimum atomic E-state index is -4.74. The van der Waals surface area contributed by atoms with Crippen molar-refractivity contribution in [3.63, 3.8) is 0 Å². The van der Waals surface area contributed by atoms with E-state index < -0.39 is 58.5 Å². The van der Waals surface area contributed by atoms with Crippen molar-refractivity contribution in [3.8, 4) is 0 Å². The number of rotatable bonds is 7. The smallest absolute Gasteiger partial charge is 0.371 e. The number of carbonyl (C=O) groups excluding carboxylic acids is 5. The summed E-state index contributed by atoms with van der Waals surface area (Å²) in [5.74, 6) is -1.77. The van der Waals surface area contributed by atoms with Gasteiger partial charge in [-0.25, -0.2) is 4.85 Å². The Balaban J connectivity index is 0.925. The minimum Gasteiger partial charge on any atom is -0.371 e. The summed E-state index contributed by atoms with van der Waals surface area (Å²) in [6.45, 7) is 13.4. The number of hydrogen-bond donors (Lipinski definition) is 2. The van der Waals surface area contributed by atoms with Gasteiger partial charge in [0.1, 0.15) is 11.6 Å². The van der Waals surface area contributed by atoms with Gasteiger partial charge in [-0.05, 0) is 75.3 Å². The van der Waals surface area contributed by atoms with E-state index in [4.69, 9.17) is 6.57 Å². The Hall–Kier alpha value is -5.72. The van der Waals surface area contributed by atoms with E-state index in [1.807, 2.05) is 6.07 Å². The molecule has 4 aliphatic heterocycles. The predicted octanol–water partition coefficient (Wildman–Crippen LogP) is 4.58. The van der Waals surface area contributed by atoms with Gasteiger partial charge in [0.15, 0.2) is 5.69 Å². The average Bonchev–Trinajstić information content (AvgIpc) is 3.68. The maximum absolute atomic E-state index is 13.4. The van der Waals surface area contributed by atoms with Crippen LogP contribution in [0.5, 0.6) is 0 Å². The molecule has 0 spiro atoms. The Kier molecular flexibility index (Phi) is 8.55. The number of nitrogens with zero attached hydrogens (tertiary/aromatic N) is 6. The molecule has 1 atom stereocenters. The lowest BCUT2D eigenvalue weighted by atomic mass is 9.79. The van der Waals surface area contributed by atoms with Crippen molar-refractivity contribution in [2.75, 3.05) is 41.3 Å². The number of nitrogens with one attached hydrogen (secondary N) is 2. The van der Waals surface area contributed by atoms with Crippen LogP contribution in [0.2, 0.25) is 0 Å². The van der Waals surface area contributed by atoms with Crippen LogP contribution in [0.4, 0.5) is 35.9 Å².